The predicted octanol–water partition coefficient (Wildman–Crippen LogP) is 3.75. The van der Waals surface area contributed by atoms with Crippen molar-refractivity contribution in [2.24, 2.45) is 7.05 Å². The summed E-state index contributed by atoms with van der Waals surface area (Å²) < 4.78 is 83.3. The van der Waals surface area contributed by atoms with Gasteiger partial charge in [0.25, 0.3) is 0 Å². The molecule has 0 aliphatic carbocycles. The quantitative estimate of drug-likeness (QED) is 0.538. The molecular weight excluding hydrogens is 454 g/mol. The van der Waals surface area contributed by atoms with Crippen molar-refractivity contribution in [3.63, 3.8) is 0 Å². The zero-order valence-corrected chi connectivity index (χ0v) is 16.4. The highest BCUT2D eigenvalue weighted by molar-refractivity contribution is 7.22. The first-order chi connectivity index (χ1) is 14.3. The van der Waals surface area contributed by atoms with E-state index < -0.39 is 42.7 Å². The fraction of sp³-hybridized carbons (Fsp3) is 0.353. The van der Waals surface area contributed by atoms with E-state index in [0.29, 0.717) is 4.70 Å². The number of amides is 1. The van der Waals surface area contributed by atoms with E-state index in [1.54, 1.807) is 0 Å². The lowest BCUT2D eigenvalue weighted by atomic mass is 9.97. The van der Waals surface area contributed by atoms with Crippen LogP contribution in [0.1, 0.15) is 12.2 Å². The molecule has 3 rings (SSSR count). The smallest absolute Gasteiger partial charge is 0.425 e. The number of halogens is 6. The van der Waals surface area contributed by atoms with E-state index in [4.69, 9.17) is 0 Å². The minimum Gasteiger partial charge on any atom is -0.484 e. The van der Waals surface area contributed by atoms with E-state index >= 15 is 0 Å². The molecule has 31 heavy (non-hydrogen) atoms. The molecule has 0 bridgehead atoms. The molecule has 14 heteroatoms. The molecule has 1 atom stereocenters. The summed E-state index contributed by atoms with van der Waals surface area (Å²) in [4.78, 5) is 19.7. The second kappa shape index (κ2) is 8.00. The van der Waals surface area contributed by atoms with Crippen molar-refractivity contribution in [2.75, 3.05) is 11.9 Å². The Hall–Kier alpha value is -2.87. The van der Waals surface area contributed by atoms with Crippen molar-refractivity contribution in [2.45, 2.75) is 24.4 Å². The van der Waals surface area contributed by atoms with E-state index in [2.05, 4.69) is 20.0 Å². The molecule has 7 nitrogen and oxygen atoms in total. The minimum absolute atomic E-state index is 0.0902. The van der Waals surface area contributed by atoms with Crippen molar-refractivity contribution < 1.29 is 41.0 Å². The van der Waals surface area contributed by atoms with E-state index in [-0.39, 0.29) is 16.4 Å². The first kappa shape index (κ1) is 22.8. The number of imidazole rings is 1. The van der Waals surface area contributed by atoms with Crippen LogP contribution in [0.5, 0.6) is 5.75 Å². The number of hydrogen-bond donors (Lipinski definition) is 2. The number of fused-ring (bicyclic) bond motifs is 1. The number of nitrogens with one attached hydrogen (secondary N) is 1. The molecule has 1 aromatic carbocycles. The summed E-state index contributed by atoms with van der Waals surface area (Å²) in [6.07, 6.45) is -8.85. The molecule has 0 aliphatic rings. The van der Waals surface area contributed by atoms with Gasteiger partial charge in [-0.3, -0.25) is 4.79 Å². The molecule has 0 aliphatic heterocycles. The highest BCUT2D eigenvalue weighted by atomic mass is 32.1. The summed E-state index contributed by atoms with van der Waals surface area (Å²) in [5.74, 6) is -2.03. The van der Waals surface area contributed by atoms with Crippen molar-refractivity contribution in [1.82, 2.24) is 14.5 Å². The Morgan fingerprint density at radius 3 is 2.55 bits per heavy atom. The van der Waals surface area contributed by atoms with Crippen LogP contribution in [-0.2, 0) is 17.4 Å². The fourth-order valence-electron chi connectivity index (χ4n) is 2.68. The molecular formula is C17H14F6N4O3S. The Balaban J connectivity index is 1.77. The maximum atomic E-state index is 13.5. The second-order valence-corrected chi connectivity index (χ2v) is 7.53. The van der Waals surface area contributed by atoms with Crippen LogP contribution < -0.4 is 10.1 Å². The molecule has 0 saturated carbocycles. The Morgan fingerprint density at radius 1 is 1.26 bits per heavy atom. The third-order valence-electron chi connectivity index (χ3n) is 4.09. The van der Waals surface area contributed by atoms with Crippen LogP contribution in [0.3, 0.4) is 0 Å². The molecule has 2 heterocycles. The first-order valence-corrected chi connectivity index (χ1v) is 9.27. The van der Waals surface area contributed by atoms with Gasteiger partial charge in [-0.05, 0) is 18.2 Å². The lowest BCUT2D eigenvalue weighted by Crippen LogP contribution is -2.46. The van der Waals surface area contributed by atoms with Crippen molar-refractivity contribution in [1.29, 1.82) is 0 Å². The number of alkyl halides is 6. The van der Waals surface area contributed by atoms with Gasteiger partial charge in [-0.25, -0.2) is 9.97 Å². The van der Waals surface area contributed by atoms with Gasteiger partial charge in [0.1, 0.15) is 5.75 Å². The molecule has 168 valence electrons. The van der Waals surface area contributed by atoms with E-state index in [1.807, 2.05) is 0 Å². The van der Waals surface area contributed by atoms with Crippen LogP contribution >= 0.6 is 11.3 Å². The average Bonchev–Trinajstić information content (AvgIpc) is 3.23. The third-order valence-corrected chi connectivity index (χ3v) is 5.02. The topological polar surface area (TPSA) is 89.3 Å². The highest BCUT2D eigenvalue weighted by Gasteiger charge is 2.58. The summed E-state index contributed by atoms with van der Waals surface area (Å²) in [6, 6.07) is 3.84. The lowest BCUT2D eigenvalue weighted by Gasteiger charge is -2.29. The van der Waals surface area contributed by atoms with Gasteiger partial charge in [0.05, 0.1) is 16.6 Å². The molecule has 1 unspecified atom stereocenters. The number of hydrogen-bond acceptors (Lipinski definition) is 6. The summed E-state index contributed by atoms with van der Waals surface area (Å²) in [5.41, 5.74) is -3.25. The van der Waals surface area contributed by atoms with Gasteiger partial charge >= 0.3 is 12.4 Å². The number of carbonyl (C=O) groups excluding carboxylic acids is 1. The minimum atomic E-state index is -5.19. The van der Waals surface area contributed by atoms with E-state index in [1.165, 1.54) is 31.4 Å². The predicted molar refractivity (Wildman–Crippen MR) is 97.6 cm³/mol. The number of aromatic nitrogens is 3. The number of benzene rings is 1. The molecule has 2 aromatic heterocycles. The number of carbonyl (C=O) groups is 1. The molecule has 0 saturated heterocycles. The lowest BCUT2D eigenvalue weighted by molar-refractivity contribution is -0.270. The Bertz CT molecular complexity index is 1090. The normalized spacial score (nSPS) is 14.5. The monoisotopic (exact) mass is 468 g/mol. The standard InChI is InChI=1S/C17H14F6N4O3S/c1-27-5-4-24-13(27)15(29,17(21,22)23)7-12(28)26-14-25-10-3-2-9(6-11(10)31-14)30-8-16(18,19)20/h2-6,29H,7-8H2,1H3,(H,25,26,28). The van der Waals surface area contributed by atoms with Gasteiger partial charge in [0.2, 0.25) is 11.5 Å². The SMILES string of the molecule is Cn1ccnc1C(O)(CC(=O)Nc1nc2ccc(OCC(F)(F)F)cc2s1)C(F)(F)F. The molecule has 3 aromatic rings. The summed E-state index contributed by atoms with van der Waals surface area (Å²) in [6.45, 7) is -1.50. The number of aliphatic hydroxyl groups is 1. The third kappa shape index (κ3) is 5.07. The molecule has 0 radical (unpaired) electrons. The van der Waals surface area contributed by atoms with E-state index in [0.717, 1.165) is 22.1 Å². The number of thiazole rings is 1. The van der Waals surface area contributed by atoms with Crippen LogP contribution in [0.15, 0.2) is 30.6 Å². The maximum Gasteiger partial charge on any atom is 0.425 e. The highest BCUT2D eigenvalue weighted by Crippen LogP contribution is 2.41. The summed E-state index contributed by atoms with van der Waals surface area (Å²) >= 11 is 0.819. The fourth-order valence-corrected chi connectivity index (χ4v) is 3.59. The van der Waals surface area contributed by atoms with Crippen molar-refractivity contribution in [3.8, 4) is 5.75 Å². The Morgan fingerprint density at radius 2 is 1.97 bits per heavy atom. The van der Waals surface area contributed by atoms with Gasteiger partial charge in [-0.15, -0.1) is 0 Å². The van der Waals surface area contributed by atoms with Crippen LogP contribution in [0.2, 0.25) is 0 Å². The Labute approximate surface area is 174 Å². The molecule has 0 fully saturated rings. The molecule has 2 N–H and O–H groups in total. The van der Waals surface area contributed by atoms with Crippen LogP contribution in [0.25, 0.3) is 10.2 Å². The average molecular weight is 468 g/mol. The van der Waals surface area contributed by atoms with Gasteiger partial charge in [-0.1, -0.05) is 11.3 Å². The number of ether oxygens (including phenoxy) is 1. The summed E-state index contributed by atoms with van der Waals surface area (Å²) in [7, 11) is 1.24. The van der Waals surface area contributed by atoms with Gasteiger partial charge in [0.15, 0.2) is 17.6 Å². The maximum absolute atomic E-state index is 13.5. The van der Waals surface area contributed by atoms with Crippen molar-refractivity contribution >= 4 is 32.6 Å². The second-order valence-electron chi connectivity index (χ2n) is 6.50. The molecule has 0 spiro atoms. The van der Waals surface area contributed by atoms with Crippen molar-refractivity contribution in [3.05, 3.63) is 36.4 Å². The molecule has 1 amide bonds. The number of rotatable bonds is 6. The largest absolute Gasteiger partial charge is 0.484 e. The number of nitrogens with zero attached hydrogens (tertiary/aromatic N) is 3. The first-order valence-electron chi connectivity index (χ1n) is 8.45. The number of anilines is 1. The summed E-state index contributed by atoms with van der Waals surface area (Å²) in [5, 5.41) is 12.3. The zero-order chi connectivity index (χ0) is 23.0. The zero-order valence-electron chi connectivity index (χ0n) is 15.6. The van der Waals surface area contributed by atoms with Gasteiger partial charge in [-0.2, -0.15) is 26.3 Å². The van der Waals surface area contributed by atoms with Gasteiger partial charge < -0.3 is 19.7 Å². The van der Waals surface area contributed by atoms with Crippen LogP contribution in [-0.4, -0.2) is 44.5 Å². The van der Waals surface area contributed by atoms with E-state index in [9.17, 15) is 36.2 Å². The van der Waals surface area contributed by atoms with Crippen LogP contribution in [0, 0.1) is 0 Å². The van der Waals surface area contributed by atoms with Gasteiger partial charge in [0, 0.05) is 19.4 Å². The Kier molecular flexibility index (Phi) is 5.88. The number of aryl methyl sites for hydroxylation is 1. The van der Waals surface area contributed by atoms with Crippen LogP contribution in [0.4, 0.5) is 31.5 Å².